The Hall–Kier alpha value is -0.860. The maximum atomic E-state index is 6.50. The average molecular weight is 286 g/mol. The summed E-state index contributed by atoms with van der Waals surface area (Å²) in [5.41, 5.74) is 7.78. The van der Waals surface area contributed by atoms with Gasteiger partial charge in [-0.1, -0.05) is 50.1 Å². The number of fused-ring (bicyclic) bond motifs is 1. The molecule has 1 aliphatic carbocycles. The van der Waals surface area contributed by atoms with E-state index in [0.717, 1.165) is 18.5 Å². The van der Waals surface area contributed by atoms with Crippen LogP contribution in [0.15, 0.2) is 30.3 Å². The molecular weight excluding hydrogens is 256 g/mol. The Balaban J connectivity index is 1.62. The fourth-order valence-corrected chi connectivity index (χ4v) is 4.44. The fraction of sp³-hybridized carbons (Fsp3) is 0.684. The zero-order valence-corrected chi connectivity index (χ0v) is 13.4. The molecular formula is C19H30N2. The standard InChI is InChI=1S/C19H30N2/c1-15(19(20)17-9-3-2-4-10-17)14-21-13-7-11-16-8-5-6-12-18(16)21/h2-4,9-10,15-16,18-19H,5-8,11-14,20H2,1H3/t15?,16-,18-,19?/m1/s1. The minimum Gasteiger partial charge on any atom is -0.324 e. The highest BCUT2D eigenvalue weighted by Crippen LogP contribution is 2.36. The van der Waals surface area contributed by atoms with Crippen LogP contribution in [-0.2, 0) is 0 Å². The number of hydrogen-bond acceptors (Lipinski definition) is 2. The van der Waals surface area contributed by atoms with Gasteiger partial charge in [0.2, 0.25) is 0 Å². The molecule has 4 atom stereocenters. The highest BCUT2D eigenvalue weighted by molar-refractivity contribution is 5.19. The van der Waals surface area contributed by atoms with Crippen LogP contribution < -0.4 is 5.73 Å². The molecule has 116 valence electrons. The lowest BCUT2D eigenvalue weighted by molar-refractivity contribution is 0.0469. The predicted octanol–water partition coefficient (Wildman–Crippen LogP) is 3.98. The van der Waals surface area contributed by atoms with Gasteiger partial charge in [-0.15, -0.1) is 0 Å². The molecule has 1 saturated heterocycles. The second-order valence-corrected chi connectivity index (χ2v) is 7.16. The molecule has 0 amide bonds. The third kappa shape index (κ3) is 3.49. The third-order valence-corrected chi connectivity index (χ3v) is 5.68. The Bertz CT molecular complexity index is 428. The van der Waals surface area contributed by atoms with E-state index in [0.29, 0.717) is 5.92 Å². The summed E-state index contributed by atoms with van der Waals surface area (Å²) in [5.74, 6) is 1.49. The molecule has 0 spiro atoms. The maximum Gasteiger partial charge on any atom is 0.0333 e. The molecule has 0 aromatic heterocycles. The summed E-state index contributed by atoms with van der Waals surface area (Å²) in [5, 5.41) is 0. The minimum atomic E-state index is 0.162. The van der Waals surface area contributed by atoms with Crippen LogP contribution in [0.25, 0.3) is 0 Å². The number of rotatable bonds is 4. The predicted molar refractivity (Wildman–Crippen MR) is 89.1 cm³/mol. The minimum absolute atomic E-state index is 0.162. The van der Waals surface area contributed by atoms with E-state index in [1.54, 1.807) is 0 Å². The molecule has 2 heteroatoms. The smallest absolute Gasteiger partial charge is 0.0333 e. The number of nitrogens with zero attached hydrogens (tertiary/aromatic N) is 1. The van der Waals surface area contributed by atoms with E-state index < -0.39 is 0 Å². The summed E-state index contributed by atoms with van der Waals surface area (Å²) in [6.45, 7) is 4.77. The van der Waals surface area contributed by atoms with Crippen LogP contribution in [0.5, 0.6) is 0 Å². The molecule has 0 radical (unpaired) electrons. The van der Waals surface area contributed by atoms with Gasteiger partial charge in [-0.25, -0.2) is 0 Å². The Kier molecular flexibility index (Phi) is 4.97. The number of nitrogens with two attached hydrogens (primary N) is 1. The highest BCUT2D eigenvalue weighted by Gasteiger charge is 2.34. The highest BCUT2D eigenvalue weighted by atomic mass is 15.2. The van der Waals surface area contributed by atoms with Crippen molar-refractivity contribution in [2.45, 2.75) is 57.5 Å². The number of likely N-dealkylation sites (tertiary alicyclic amines) is 1. The van der Waals surface area contributed by atoms with Gasteiger partial charge in [0.25, 0.3) is 0 Å². The summed E-state index contributed by atoms with van der Waals surface area (Å²) in [7, 11) is 0. The van der Waals surface area contributed by atoms with Gasteiger partial charge in [0.05, 0.1) is 0 Å². The van der Waals surface area contributed by atoms with Crippen molar-refractivity contribution >= 4 is 0 Å². The normalized spacial score (nSPS) is 29.6. The van der Waals surface area contributed by atoms with Crippen molar-refractivity contribution in [2.24, 2.45) is 17.6 Å². The van der Waals surface area contributed by atoms with Gasteiger partial charge < -0.3 is 5.73 Å². The first-order chi connectivity index (χ1) is 10.3. The number of piperidine rings is 1. The maximum absolute atomic E-state index is 6.50. The van der Waals surface area contributed by atoms with Gasteiger partial charge in [-0.05, 0) is 49.6 Å². The lowest BCUT2D eigenvalue weighted by atomic mass is 9.78. The molecule has 2 fully saturated rings. The van der Waals surface area contributed by atoms with Gasteiger partial charge in [0, 0.05) is 18.6 Å². The molecule has 2 nitrogen and oxygen atoms in total. The van der Waals surface area contributed by atoms with Gasteiger partial charge in [0.1, 0.15) is 0 Å². The van der Waals surface area contributed by atoms with Gasteiger partial charge in [-0.3, -0.25) is 4.90 Å². The van der Waals surface area contributed by atoms with Gasteiger partial charge in [0.15, 0.2) is 0 Å². The monoisotopic (exact) mass is 286 g/mol. The van der Waals surface area contributed by atoms with Crippen molar-refractivity contribution < 1.29 is 0 Å². The first kappa shape index (κ1) is 15.1. The van der Waals surface area contributed by atoms with Crippen molar-refractivity contribution in [2.75, 3.05) is 13.1 Å². The molecule has 21 heavy (non-hydrogen) atoms. The van der Waals surface area contributed by atoms with Crippen LogP contribution in [0, 0.1) is 11.8 Å². The Labute approximate surface area is 129 Å². The van der Waals surface area contributed by atoms with Crippen molar-refractivity contribution in [1.29, 1.82) is 0 Å². The molecule has 2 N–H and O–H groups in total. The van der Waals surface area contributed by atoms with E-state index in [1.165, 1.54) is 50.6 Å². The van der Waals surface area contributed by atoms with E-state index in [-0.39, 0.29) is 6.04 Å². The van der Waals surface area contributed by atoms with Crippen LogP contribution in [0.2, 0.25) is 0 Å². The zero-order valence-electron chi connectivity index (χ0n) is 13.4. The number of benzene rings is 1. The largest absolute Gasteiger partial charge is 0.324 e. The summed E-state index contributed by atoms with van der Waals surface area (Å²) < 4.78 is 0. The van der Waals surface area contributed by atoms with Crippen molar-refractivity contribution in [1.82, 2.24) is 4.90 Å². The van der Waals surface area contributed by atoms with Crippen LogP contribution in [0.1, 0.15) is 57.1 Å². The lowest BCUT2D eigenvalue weighted by Crippen LogP contribution is -2.49. The van der Waals surface area contributed by atoms with Crippen LogP contribution in [-0.4, -0.2) is 24.0 Å². The molecule has 0 bridgehead atoms. The van der Waals surface area contributed by atoms with Crippen LogP contribution >= 0.6 is 0 Å². The summed E-state index contributed by atoms with van der Waals surface area (Å²) >= 11 is 0. The molecule has 1 saturated carbocycles. The summed E-state index contributed by atoms with van der Waals surface area (Å²) in [6, 6.07) is 11.6. The molecule has 2 aliphatic rings. The van der Waals surface area contributed by atoms with E-state index in [1.807, 2.05) is 0 Å². The lowest BCUT2D eigenvalue weighted by Gasteiger charge is -2.45. The summed E-state index contributed by atoms with van der Waals surface area (Å²) in [6.07, 6.45) is 8.60. The Morgan fingerprint density at radius 3 is 2.62 bits per heavy atom. The number of hydrogen-bond donors (Lipinski definition) is 1. The van der Waals surface area contributed by atoms with Gasteiger partial charge in [-0.2, -0.15) is 0 Å². The molecule has 1 aliphatic heterocycles. The average Bonchev–Trinajstić information content (AvgIpc) is 2.55. The molecule has 1 aromatic rings. The second-order valence-electron chi connectivity index (χ2n) is 7.16. The Morgan fingerprint density at radius 1 is 1.10 bits per heavy atom. The first-order valence-corrected chi connectivity index (χ1v) is 8.80. The second kappa shape index (κ2) is 6.93. The van der Waals surface area contributed by atoms with Crippen molar-refractivity contribution in [3.05, 3.63) is 35.9 Å². The molecule has 3 rings (SSSR count). The molecule has 1 heterocycles. The third-order valence-electron chi connectivity index (χ3n) is 5.68. The van der Waals surface area contributed by atoms with Crippen molar-refractivity contribution in [3.63, 3.8) is 0 Å². The van der Waals surface area contributed by atoms with E-state index in [9.17, 15) is 0 Å². The fourth-order valence-electron chi connectivity index (χ4n) is 4.44. The van der Waals surface area contributed by atoms with E-state index in [4.69, 9.17) is 5.73 Å². The topological polar surface area (TPSA) is 29.3 Å². The van der Waals surface area contributed by atoms with Crippen LogP contribution in [0.4, 0.5) is 0 Å². The quantitative estimate of drug-likeness (QED) is 0.907. The van der Waals surface area contributed by atoms with E-state index >= 15 is 0 Å². The zero-order chi connectivity index (χ0) is 14.7. The van der Waals surface area contributed by atoms with E-state index in [2.05, 4.69) is 42.2 Å². The van der Waals surface area contributed by atoms with Gasteiger partial charge >= 0.3 is 0 Å². The molecule has 1 aromatic carbocycles. The van der Waals surface area contributed by atoms with Crippen LogP contribution in [0.3, 0.4) is 0 Å². The summed E-state index contributed by atoms with van der Waals surface area (Å²) in [4.78, 5) is 2.76. The SMILES string of the molecule is CC(CN1CCC[C@H]2CCCC[C@H]21)C(N)c1ccccc1. The first-order valence-electron chi connectivity index (χ1n) is 8.80. The molecule has 2 unspecified atom stereocenters. The Morgan fingerprint density at radius 2 is 1.81 bits per heavy atom. The van der Waals surface area contributed by atoms with Crippen molar-refractivity contribution in [3.8, 4) is 0 Å².